The summed E-state index contributed by atoms with van der Waals surface area (Å²) < 4.78 is 20.1. The molecule has 0 bridgehead atoms. The van der Waals surface area contributed by atoms with Crippen molar-refractivity contribution < 1.29 is 13.9 Å². The molecule has 1 fully saturated rings. The molecular weight excluding hydrogens is 483 g/mol. The van der Waals surface area contributed by atoms with Crippen LogP contribution in [-0.2, 0) is 9.53 Å². The lowest BCUT2D eigenvalue weighted by Crippen LogP contribution is -2.36. The quantitative estimate of drug-likeness (QED) is 0.261. The summed E-state index contributed by atoms with van der Waals surface area (Å²) in [7, 11) is 0. The van der Waals surface area contributed by atoms with Gasteiger partial charge < -0.3 is 25.6 Å². The van der Waals surface area contributed by atoms with E-state index in [1.807, 2.05) is 48.5 Å². The first-order valence-electron chi connectivity index (χ1n) is 12.2. The van der Waals surface area contributed by atoms with Gasteiger partial charge in [0, 0.05) is 41.4 Å². The fourth-order valence-electron chi connectivity index (χ4n) is 4.15. The summed E-state index contributed by atoms with van der Waals surface area (Å²) >= 11 is 0. The van der Waals surface area contributed by atoms with Gasteiger partial charge in [0.2, 0.25) is 11.9 Å². The highest BCUT2D eigenvalue weighted by Gasteiger charge is 2.15. The second-order valence-electron chi connectivity index (χ2n) is 8.64. The normalized spacial score (nSPS) is 13.0. The summed E-state index contributed by atoms with van der Waals surface area (Å²) in [5.74, 6) is -0.605. The molecule has 3 aromatic carbocycles. The summed E-state index contributed by atoms with van der Waals surface area (Å²) in [5, 5.41) is 9.19. The van der Waals surface area contributed by atoms with Gasteiger partial charge in [-0.25, -0.2) is 14.4 Å². The molecule has 1 aliphatic rings. The fraction of sp³-hybridized carbons (Fsp3) is 0.138. The maximum absolute atomic E-state index is 14.6. The zero-order chi connectivity index (χ0) is 26.3. The molecule has 0 unspecified atom stereocenters. The number of rotatable bonds is 8. The lowest BCUT2D eigenvalue weighted by molar-refractivity contribution is -0.111. The molecule has 3 N–H and O–H groups in total. The van der Waals surface area contributed by atoms with Gasteiger partial charge in [-0.05, 0) is 54.6 Å². The highest BCUT2D eigenvalue weighted by molar-refractivity contribution is 5.99. The van der Waals surface area contributed by atoms with E-state index in [1.54, 1.807) is 12.3 Å². The number of hydrogen-bond donors (Lipinski definition) is 3. The highest BCUT2D eigenvalue weighted by Crippen LogP contribution is 2.32. The molecule has 38 heavy (non-hydrogen) atoms. The molecule has 8 nitrogen and oxygen atoms in total. The molecule has 0 radical (unpaired) electrons. The Morgan fingerprint density at radius 2 is 1.74 bits per heavy atom. The number of carbonyl (C=O) groups excluding carboxylic acids is 1. The van der Waals surface area contributed by atoms with Gasteiger partial charge in [0.15, 0.2) is 0 Å². The molecule has 0 spiro atoms. The van der Waals surface area contributed by atoms with Crippen LogP contribution < -0.4 is 20.9 Å². The Morgan fingerprint density at radius 3 is 2.53 bits per heavy atom. The van der Waals surface area contributed by atoms with E-state index in [9.17, 15) is 9.18 Å². The SMILES string of the molecule is C=CC(=O)Nc1cc(F)cc(-c2nc(Nc3cccc(N4CCOCC4)c3)ncc2Nc2ccccc2)c1. The first-order chi connectivity index (χ1) is 18.6. The standard InChI is InChI=1S/C29H27FN6O2/c1-2-27(37)33-24-16-20(15-21(30)17-24)28-26(32-22-7-4-3-5-8-22)19-31-29(35-28)34-23-9-6-10-25(18-23)36-11-13-38-14-12-36/h2-10,15-19,32H,1,11-14H2,(H,33,37)(H,31,34,35). The first-order valence-corrected chi connectivity index (χ1v) is 12.2. The van der Waals surface area contributed by atoms with E-state index in [0.29, 0.717) is 41.8 Å². The van der Waals surface area contributed by atoms with E-state index in [-0.39, 0.29) is 0 Å². The van der Waals surface area contributed by atoms with E-state index < -0.39 is 11.7 Å². The van der Waals surface area contributed by atoms with Crippen molar-refractivity contribution in [2.45, 2.75) is 0 Å². The average Bonchev–Trinajstić information content (AvgIpc) is 2.94. The number of nitrogens with zero attached hydrogens (tertiary/aromatic N) is 3. The van der Waals surface area contributed by atoms with E-state index in [0.717, 1.165) is 36.2 Å². The van der Waals surface area contributed by atoms with Gasteiger partial charge in [-0.1, -0.05) is 30.8 Å². The Morgan fingerprint density at radius 1 is 0.947 bits per heavy atom. The third-order valence-electron chi connectivity index (χ3n) is 5.94. The van der Waals surface area contributed by atoms with Crippen LogP contribution in [0.15, 0.2) is 91.6 Å². The first kappa shape index (κ1) is 24.9. The number of ether oxygens (including phenoxy) is 1. The van der Waals surface area contributed by atoms with E-state index in [2.05, 4.69) is 38.5 Å². The number of benzene rings is 3. The van der Waals surface area contributed by atoms with Crippen LogP contribution >= 0.6 is 0 Å². The van der Waals surface area contributed by atoms with Crippen molar-refractivity contribution in [1.82, 2.24) is 9.97 Å². The van der Waals surface area contributed by atoms with Crippen molar-refractivity contribution in [2.24, 2.45) is 0 Å². The number of amides is 1. The van der Waals surface area contributed by atoms with Crippen molar-refractivity contribution in [1.29, 1.82) is 0 Å². The van der Waals surface area contributed by atoms with Crippen molar-refractivity contribution >= 4 is 40.3 Å². The third-order valence-corrected chi connectivity index (χ3v) is 5.94. The number of para-hydroxylation sites is 1. The predicted molar refractivity (Wildman–Crippen MR) is 149 cm³/mol. The minimum absolute atomic E-state index is 0.293. The second-order valence-corrected chi connectivity index (χ2v) is 8.64. The Hall–Kier alpha value is -4.76. The number of anilines is 6. The maximum atomic E-state index is 14.6. The molecule has 2 heterocycles. The zero-order valence-corrected chi connectivity index (χ0v) is 20.7. The van der Waals surface area contributed by atoms with Crippen LogP contribution in [0.3, 0.4) is 0 Å². The lowest BCUT2D eigenvalue weighted by Gasteiger charge is -2.29. The summed E-state index contributed by atoms with van der Waals surface area (Å²) in [6, 6.07) is 21.8. The second kappa shape index (κ2) is 11.5. The Balaban J connectivity index is 1.50. The molecule has 0 aliphatic carbocycles. The number of carbonyl (C=O) groups is 1. The van der Waals surface area contributed by atoms with Gasteiger partial charge in [0.1, 0.15) is 5.82 Å². The zero-order valence-electron chi connectivity index (χ0n) is 20.7. The average molecular weight is 511 g/mol. The van der Waals surface area contributed by atoms with Crippen LogP contribution in [-0.4, -0.2) is 42.2 Å². The molecule has 1 amide bonds. The van der Waals surface area contributed by atoms with Crippen LogP contribution in [0.1, 0.15) is 0 Å². The molecule has 5 rings (SSSR count). The summed E-state index contributed by atoms with van der Waals surface area (Å²) in [6.07, 6.45) is 2.78. The van der Waals surface area contributed by atoms with Crippen LogP contribution in [0.2, 0.25) is 0 Å². The van der Waals surface area contributed by atoms with Crippen molar-refractivity contribution in [3.63, 3.8) is 0 Å². The molecule has 9 heteroatoms. The molecule has 192 valence electrons. The molecule has 4 aromatic rings. The number of aromatic nitrogens is 2. The van der Waals surface area contributed by atoms with E-state index in [1.165, 1.54) is 12.1 Å². The number of halogens is 1. The van der Waals surface area contributed by atoms with Gasteiger partial charge in [0.25, 0.3) is 0 Å². The lowest BCUT2D eigenvalue weighted by atomic mass is 10.1. The van der Waals surface area contributed by atoms with Gasteiger partial charge in [-0.3, -0.25) is 4.79 Å². The largest absolute Gasteiger partial charge is 0.378 e. The smallest absolute Gasteiger partial charge is 0.247 e. The van der Waals surface area contributed by atoms with Crippen LogP contribution in [0.25, 0.3) is 11.3 Å². The van der Waals surface area contributed by atoms with Gasteiger partial charge in [-0.2, -0.15) is 0 Å². The molecule has 1 aromatic heterocycles. The number of morpholine rings is 1. The topological polar surface area (TPSA) is 91.4 Å². The molecule has 1 saturated heterocycles. The van der Waals surface area contributed by atoms with E-state index in [4.69, 9.17) is 9.72 Å². The summed E-state index contributed by atoms with van der Waals surface area (Å²) in [5.41, 5.74) is 4.53. The van der Waals surface area contributed by atoms with Gasteiger partial charge in [-0.15, -0.1) is 0 Å². The Bertz CT molecular complexity index is 1440. The molecule has 0 saturated carbocycles. The molecule has 0 atom stereocenters. The summed E-state index contributed by atoms with van der Waals surface area (Å²) in [6.45, 7) is 6.50. The Kier molecular flexibility index (Phi) is 7.56. The van der Waals surface area contributed by atoms with E-state index >= 15 is 0 Å². The molecule has 1 aliphatic heterocycles. The van der Waals surface area contributed by atoms with Crippen molar-refractivity contribution in [2.75, 3.05) is 47.2 Å². The highest BCUT2D eigenvalue weighted by atomic mass is 19.1. The third kappa shape index (κ3) is 6.13. The van der Waals surface area contributed by atoms with Crippen molar-refractivity contribution in [3.8, 4) is 11.3 Å². The predicted octanol–water partition coefficient (Wildman–Crippen LogP) is 5.73. The maximum Gasteiger partial charge on any atom is 0.247 e. The Labute approximate surface area is 220 Å². The minimum Gasteiger partial charge on any atom is -0.378 e. The summed E-state index contributed by atoms with van der Waals surface area (Å²) in [4.78, 5) is 23.4. The number of nitrogens with one attached hydrogen (secondary N) is 3. The minimum atomic E-state index is -0.515. The van der Waals surface area contributed by atoms with Gasteiger partial charge >= 0.3 is 0 Å². The number of hydrogen-bond acceptors (Lipinski definition) is 7. The molecular formula is C29H27FN6O2. The van der Waals surface area contributed by atoms with Crippen molar-refractivity contribution in [3.05, 3.63) is 97.5 Å². The monoisotopic (exact) mass is 510 g/mol. The van der Waals surface area contributed by atoms with Crippen LogP contribution in [0, 0.1) is 5.82 Å². The fourth-order valence-corrected chi connectivity index (χ4v) is 4.15. The van der Waals surface area contributed by atoms with Crippen LogP contribution in [0.5, 0.6) is 0 Å². The van der Waals surface area contributed by atoms with Crippen LogP contribution in [0.4, 0.5) is 38.8 Å². The van der Waals surface area contributed by atoms with Gasteiger partial charge in [0.05, 0.1) is 30.8 Å².